The van der Waals surface area contributed by atoms with E-state index in [1.54, 1.807) is 0 Å². The minimum absolute atomic E-state index is 0.0252. The number of carbonyl (C=O) groups is 1. The van der Waals surface area contributed by atoms with Crippen LogP contribution in [0.1, 0.15) is 23.1 Å². The quantitative estimate of drug-likeness (QED) is 0.768. The molecule has 0 fully saturated rings. The second-order valence-electron chi connectivity index (χ2n) is 5.22. The van der Waals surface area contributed by atoms with Gasteiger partial charge in [-0.15, -0.1) is 0 Å². The smallest absolute Gasteiger partial charge is 0.221 e. The van der Waals surface area contributed by atoms with E-state index in [-0.39, 0.29) is 5.91 Å². The Morgan fingerprint density at radius 2 is 1.68 bits per heavy atom. The van der Waals surface area contributed by atoms with Gasteiger partial charge >= 0.3 is 0 Å². The van der Waals surface area contributed by atoms with E-state index in [0.717, 1.165) is 12.1 Å². The van der Waals surface area contributed by atoms with Crippen molar-refractivity contribution >= 4 is 17.5 Å². The Labute approximate surface area is 136 Å². The van der Waals surface area contributed by atoms with Crippen molar-refractivity contribution in [2.75, 3.05) is 6.54 Å². The molecule has 0 unspecified atom stereocenters. The summed E-state index contributed by atoms with van der Waals surface area (Å²) in [7, 11) is 0. The van der Waals surface area contributed by atoms with Crippen molar-refractivity contribution in [2.24, 2.45) is 0 Å². The van der Waals surface area contributed by atoms with Crippen LogP contribution in [0.25, 0.3) is 0 Å². The monoisotopic (exact) mass is 316 g/mol. The van der Waals surface area contributed by atoms with E-state index >= 15 is 0 Å². The van der Waals surface area contributed by atoms with E-state index < -0.39 is 0 Å². The molecule has 0 aliphatic heterocycles. The fourth-order valence-corrected chi connectivity index (χ4v) is 2.36. The Kier molecular flexibility index (Phi) is 6.44. The zero-order chi connectivity index (χ0) is 15.8. The molecule has 0 radical (unpaired) electrons. The van der Waals surface area contributed by atoms with Gasteiger partial charge in [0.2, 0.25) is 5.91 Å². The zero-order valence-corrected chi connectivity index (χ0v) is 13.5. The summed E-state index contributed by atoms with van der Waals surface area (Å²) >= 11 is 6.05. The number of rotatable bonds is 7. The van der Waals surface area contributed by atoms with Crippen molar-refractivity contribution in [3.63, 3.8) is 0 Å². The Hall–Kier alpha value is -1.84. The van der Waals surface area contributed by atoms with Gasteiger partial charge < -0.3 is 10.6 Å². The van der Waals surface area contributed by atoms with Crippen LogP contribution < -0.4 is 10.6 Å². The summed E-state index contributed by atoms with van der Waals surface area (Å²) in [6, 6.07) is 15.8. The Morgan fingerprint density at radius 1 is 1.00 bits per heavy atom. The number of hydrogen-bond donors (Lipinski definition) is 2. The standard InChI is InChI=1S/C18H21ClN2O/c1-14-6-2-3-7-15(14)12-20-11-10-18(22)21-13-16-8-4-5-9-17(16)19/h2-9,20H,10-13H2,1H3,(H,21,22). The number of hydrogen-bond acceptors (Lipinski definition) is 2. The first-order valence-electron chi connectivity index (χ1n) is 7.42. The average Bonchev–Trinajstić information content (AvgIpc) is 2.52. The van der Waals surface area contributed by atoms with E-state index in [1.165, 1.54) is 11.1 Å². The van der Waals surface area contributed by atoms with Crippen LogP contribution in [0.4, 0.5) is 0 Å². The lowest BCUT2D eigenvalue weighted by Crippen LogP contribution is -2.27. The fourth-order valence-electron chi connectivity index (χ4n) is 2.16. The van der Waals surface area contributed by atoms with Crippen molar-refractivity contribution in [2.45, 2.75) is 26.4 Å². The van der Waals surface area contributed by atoms with Crippen LogP contribution in [0.15, 0.2) is 48.5 Å². The highest BCUT2D eigenvalue weighted by atomic mass is 35.5. The van der Waals surface area contributed by atoms with Crippen LogP contribution in [0.2, 0.25) is 5.02 Å². The highest BCUT2D eigenvalue weighted by Gasteiger charge is 2.03. The molecule has 22 heavy (non-hydrogen) atoms. The van der Waals surface area contributed by atoms with Crippen LogP contribution in [-0.4, -0.2) is 12.5 Å². The average molecular weight is 317 g/mol. The predicted molar refractivity (Wildman–Crippen MR) is 90.8 cm³/mol. The second kappa shape index (κ2) is 8.57. The molecule has 116 valence electrons. The predicted octanol–water partition coefficient (Wildman–Crippen LogP) is 3.44. The molecule has 2 N–H and O–H groups in total. The van der Waals surface area contributed by atoms with Gasteiger partial charge in [0.1, 0.15) is 0 Å². The summed E-state index contributed by atoms with van der Waals surface area (Å²) in [5, 5.41) is 6.86. The van der Waals surface area contributed by atoms with Crippen LogP contribution in [-0.2, 0) is 17.9 Å². The van der Waals surface area contributed by atoms with Gasteiger partial charge in [0.05, 0.1) is 0 Å². The third-order valence-corrected chi connectivity index (χ3v) is 3.91. The van der Waals surface area contributed by atoms with Gasteiger partial charge in [0, 0.05) is 31.1 Å². The number of aryl methyl sites for hydroxylation is 1. The lowest BCUT2D eigenvalue weighted by molar-refractivity contribution is -0.121. The third kappa shape index (κ3) is 5.17. The lowest BCUT2D eigenvalue weighted by Gasteiger charge is -2.09. The Bertz CT molecular complexity index is 628. The third-order valence-electron chi connectivity index (χ3n) is 3.54. The molecule has 2 rings (SSSR count). The minimum atomic E-state index is 0.0252. The molecule has 4 heteroatoms. The molecule has 3 nitrogen and oxygen atoms in total. The van der Waals surface area contributed by atoms with Gasteiger partial charge in [-0.05, 0) is 29.7 Å². The maximum absolute atomic E-state index is 11.8. The number of carbonyl (C=O) groups excluding carboxylic acids is 1. The van der Waals surface area contributed by atoms with Gasteiger partial charge in [0.25, 0.3) is 0 Å². The Balaban J connectivity index is 1.66. The number of amides is 1. The van der Waals surface area contributed by atoms with E-state index in [2.05, 4.69) is 29.7 Å². The van der Waals surface area contributed by atoms with E-state index in [0.29, 0.717) is 24.5 Å². The fraction of sp³-hybridized carbons (Fsp3) is 0.278. The molecule has 0 saturated carbocycles. The summed E-state index contributed by atoms with van der Waals surface area (Å²) in [6.07, 6.45) is 0.455. The zero-order valence-electron chi connectivity index (χ0n) is 12.7. The van der Waals surface area contributed by atoms with Gasteiger partial charge in [0.15, 0.2) is 0 Å². The van der Waals surface area contributed by atoms with Crippen LogP contribution >= 0.6 is 11.6 Å². The van der Waals surface area contributed by atoms with Gasteiger partial charge in [-0.1, -0.05) is 54.1 Å². The van der Waals surface area contributed by atoms with Crippen molar-refractivity contribution < 1.29 is 4.79 Å². The van der Waals surface area contributed by atoms with Crippen molar-refractivity contribution in [1.82, 2.24) is 10.6 Å². The topological polar surface area (TPSA) is 41.1 Å². The van der Waals surface area contributed by atoms with E-state index in [1.807, 2.05) is 36.4 Å². The highest BCUT2D eigenvalue weighted by Crippen LogP contribution is 2.14. The molecule has 0 aliphatic carbocycles. The molecule has 0 spiro atoms. The largest absolute Gasteiger partial charge is 0.352 e. The second-order valence-corrected chi connectivity index (χ2v) is 5.63. The number of halogens is 1. The van der Waals surface area contributed by atoms with E-state index in [4.69, 9.17) is 11.6 Å². The van der Waals surface area contributed by atoms with Gasteiger partial charge in [-0.25, -0.2) is 0 Å². The summed E-state index contributed by atoms with van der Waals surface area (Å²) in [5.74, 6) is 0.0252. The molecular formula is C18H21ClN2O. The van der Waals surface area contributed by atoms with Crippen molar-refractivity contribution in [3.8, 4) is 0 Å². The minimum Gasteiger partial charge on any atom is -0.352 e. The maximum atomic E-state index is 11.8. The summed E-state index contributed by atoms with van der Waals surface area (Å²) in [5.41, 5.74) is 3.46. The first-order chi connectivity index (χ1) is 10.7. The normalized spacial score (nSPS) is 10.5. The molecule has 0 aromatic heterocycles. The molecule has 0 heterocycles. The van der Waals surface area contributed by atoms with Crippen LogP contribution in [0, 0.1) is 6.92 Å². The number of benzene rings is 2. The summed E-state index contributed by atoms with van der Waals surface area (Å²) in [6.45, 7) is 4.00. The van der Waals surface area contributed by atoms with Crippen molar-refractivity contribution in [1.29, 1.82) is 0 Å². The molecule has 0 saturated heterocycles. The van der Waals surface area contributed by atoms with Crippen LogP contribution in [0.3, 0.4) is 0 Å². The van der Waals surface area contributed by atoms with Crippen LogP contribution in [0.5, 0.6) is 0 Å². The lowest BCUT2D eigenvalue weighted by atomic mass is 10.1. The number of nitrogens with one attached hydrogen (secondary N) is 2. The molecule has 2 aromatic carbocycles. The molecule has 0 atom stereocenters. The van der Waals surface area contributed by atoms with E-state index in [9.17, 15) is 4.79 Å². The first kappa shape index (κ1) is 16.5. The molecule has 2 aromatic rings. The van der Waals surface area contributed by atoms with Gasteiger partial charge in [-0.3, -0.25) is 4.79 Å². The molecule has 0 aliphatic rings. The maximum Gasteiger partial charge on any atom is 0.221 e. The summed E-state index contributed by atoms with van der Waals surface area (Å²) < 4.78 is 0. The van der Waals surface area contributed by atoms with Crippen molar-refractivity contribution in [3.05, 3.63) is 70.2 Å². The first-order valence-corrected chi connectivity index (χ1v) is 7.80. The molecule has 1 amide bonds. The SMILES string of the molecule is Cc1ccccc1CNCCC(=O)NCc1ccccc1Cl. The van der Waals surface area contributed by atoms with Gasteiger partial charge in [-0.2, -0.15) is 0 Å². The Morgan fingerprint density at radius 3 is 2.41 bits per heavy atom. The molecular weight excluding hydrogens is 296 g/mol. The highest BCUT2D eigenvalue weighted by molar-refractivity contribution is 6.31. The summed E-state index contributed by atoms with van der Waals surface area (Å²) in [4.78, 5) is 11.8. The molecule has 0 bridgehead atoms.